The maximum Gasteiger partial charge on any atom is 0.251 e. The Morgan fingerprint density at radius 1 is 1.09 bits per heavy atom. The Labute approximate surface area is 198 Å². The quantitative estimate of drug-likeness (QED) is 0.643. The zero-order valence-corrected chi connectivity index (χ0v) is 21.0. The van der Waals surface area contributed by atoms with Gasteiger partial charge in [0.15, 0.2) is 0 Å². The van der Waals surface area contributed by atoms with E-state index in [4.69, 9.17) is 0 Å². The van der Waals surface area contributed by atoms with E-state index in [9.17, 15) is 14.4 Å². The minimum Gasteiger partial charge on any atom is -0.353 e. The van der Waals surface area contributed by atoms with Crippen molar-refractivity contribution in [2.24, 2.45) is 5.92 Å². The van der Waals surface area contributed by atoms with Crippen molar-refractivity contribution in [3.63, 3.8) is 0 Å². The highest BCUT2D eigenvalue weighted by Gasteiger charge is 2.38. The van der Waals surface area contributed by atoms with E-state index in [0.29, 0.717) is 37.3 Å². The van der Waals surface area contributed by atoms with Crippen molar-refractivity contribution in [3.05, 3.63) is 46.7 Å². The van der Waals surface area contributed by atoms with Gasteiger partial charge in [-0.25, -0.2) is 0 Å². The summed E-state index contributed by atoms with van der Waals surface area (Å²) in [5, 5.41) is 2.99. The monoisotopic (exact) mass is 453 g/mol. The molecule has 33 heavy (non-hydrogen) atoms. The molecule has 1 N–H and O–H groups in total. The number of hydrogen-bond donors (Lipinski definition) is 1. The summed E-state index contributed by atoms with van der Waals surface area (Å²) in [5.41, 5.74) is 3.65. The molecule has 1 heterocycles. The third-order valence-electron chi connectivity index (χ3n) is 6.75. The molecule has 1 aliphatic heterocycles. The molecule has 6 heteroatoms. The van der Waals surface area contributed by atoms with Crippen molar-refractivity contribution in [1.29, 1.82) is 0 Å². The molecular formula is C27H39N3O3. The van der Waals surface area contributed by atoms with Crippen LogP contribution in [0, 0.1) is 5.92 Å². The number of carbonyl (C=O) groups is 3. The zero-order chi connectivity index (χ0) is 24.3. The first-order valence-electron chi connectivity index (χ1n) is 12.2. The summed E-state index contributed by atoms with van der Waals surface area (Å²) in [6.45, 7) is 13.9. The Morgan fingerprint density at radius 2 is 1.70 bits per heavy atom. The lowest BCUT2D eigenvalue weighted by Crippen LogP contribution is -2.44. The van der Waals surface area contributed by atoms with Gasteiger partial charge in [-0.15, -0.1) is 0 Å². The lowest BCUT2D eigenvalue weighted by molar-refractivity contribution is -0.139. The van der Waals surface area contributed by atoms with Crippen molar-refractivity contribution >= 4 is 17.7 Å². The summed E-state index contributed by atoms with van der Waals surface area (Å²) >= 11 is 0. The normalized spacial score (nSPS) is 19.0. The van der Waals surface area contributed by atoms with Gasteiger partial charge in [-0.2, -0.15) is 0 Å². The smallest absolute Gasteiger partial charge is 0.251 e. The van der Waals surface area contributed by atoms with Crippen LogP contribution in [0.2, 0.25) is 0 Å². The standard InChI is InChI=1S/C27H39N3O3/c1-7-29(8-2)26(33)23-15-20(16-24(31)28-22-13-14-22)25(32)30(18(23)3)17-19-9-11-21(12-10-19)27(4,5)6/h9-12,20,22H,7-8,13-17H2,1-6H3,(H,28,31). The number of hydrogen-bond acceptors (Lipinski definition) is 3. The molecule has 1 fully saturated rings. The van der Waals surface area contributed by atoms with Crippen LogP contribution in [0.1, 0.15) is 78.4 Å². The fraction of sp³-hybridized carbons (Fsp3) is 0.593. The highest BCUT2D eigenvalue weighted by Crippen LogP contribution is 2.33. The molecule has 1 unspecified atom stereocenters. The lowest BCUT2D eigenvalue weighted by Gasteiger charge is -2.36. The van der Waals surface area contributed by atoms with Crippen molar-refractivity contribution in [2.75, 3.05) is 13.1 Å². The van der Waals surface area contributed by atoms with Gasteiger partial charge in [0.1, 0.15) is 0 Å². The number of rotatable bonds is 8. The summed E-state index contributed by atoms with van der Waals surface area (Å²) < 4.78 is 0. The number of carbonyl (C=O) groups excluding carboxylic acids is 3. The van der Waals surface area contributed by atoms with Gasteiger partial charge in [0.25, 0.3) is 5.91 Å². The zero-order valence-electron chi connectivity index (χ0n) is 21.0. The number of amides is 3. The Morgan fingerprint density at radius 3 is 2.21 bits per heavy atom. The Balaban J connectivity index is 1.88. The molecular weight excluding hydrogens is 414 g/mol. The summed E-state index contributed by atoms with van der Waals surface area (Å²) in [6.07, 6.45) is 2.45. The maximum absolute atomic E-state index is 13.5. The van der Waals surface area contributed by atoms with E-state index in [2.05, 4.69) is 50.4 Å². The van der Waals surface area contributed by atoms with Gasteiger partial charge >= 0.3 is 0 Å². The maximum atomic E-state index is 13.5. The van der Waals surface area contributed by atoms with E-state index in [1.165, 1.54) is 5.56 Å². The highest BCUT2D eigenvalue weighted by atomic mass is 16.2. The van der Waals surface area contributed by atoms with Crippen molar-refractivity contribution in [1.82, 2.24) is 15.1 Å². The van der Waals surface area contributed by atoms with Gasteiger partial charge < -0.3 is 15.1 Å². The molecule has 0 bridgehead atoms. The van der Waals surface area contributed by atoms with Crippen LogP contribution in [0.5, 0.6) is 0 Å². The third kappa shape index (κ3) is 6.04. The second kappa shape index (κ2) is 10.1. The van der Waals surface area contributed by atoms with E-state index >= 15 is 0 Å². The van der Waals surface area contributed by atoms with Crippen LogP contribution < -0.4 is 5.32 Å². The average Bonchev–Trinajstić information content (AvgIpc) is 3.57. The van der Waals surface area contributed by atoms with Crippen LogP contribution >= 0.6 is 0 Å². The van der Waals surface area contributed by atoms with Crippen molar-refractivity contribution in [3.8, 4) is 0 Å². The average molecular weight is 454 g/mol. The summed E-state index contributed by atoms with van der Waals surface area (Å²) in [7, 11) is 0. The molecule has 1 atom stereocenters. The molecule has 0 aromatic heterocycles. The largest absolute Gasteiger partial charge is 0.353 e. The van der Waals surface area contributed by atoms with Crippen LogP contribution in [-0.2, 0) is 26.3 Å². The third-order valence-corrected chi connectivity index (χ3v) is 6.75. The van der Waals surface area contributed by atoms with Crippen molar-refractivity contribution in [2.45, 2.75) is 85.2 Å². The van der Waals surface area contributed by atoms with Crippen molar-refractivity contribution < 1.29 is 14.4 Å². The number of nitrogens with zero attached hydrogens (tertiary/aromatic N) is 2. The van der Waals surface area contributed by atoms with E-state index in [0.717, 1.165) is 18.4 Å². The first-order valence-corrected chi connectivity index (χ1v) is 12.2. The number of allylic oxidation sites excluding steroid dienone is 1. The van der Waals surface area contributed by atoms with E-state index in [1.54, 1.807) is 9.80 Å². The van der Waals surface area contributed by atoms with Gasteiger partial charge in [-0.05, 0) is 56.6 Å². The predicted octanol–water partition coefficient (Wildman–Crippen LogP) is 4.14. The van der Waals surface area contributed by atoms with E-state index in [-0.39, 0.29) is 35.6 Å². The minimum absolute atomic E-state index is 0.0364. The summed E-state index contributed by atoms with van der Waals surface area (Å²) in [4.78, 5) is 42.8. The summed E-state index contributed by atoms with van der Waals surface area (Å²) in [6, 6.07) is 8.56. The van der Waals surface area contributed by atoms with E-state index in [1.807, 2.05) is 20.8 Å². The first kappa shape index (κ1) is 25.0. The topological polar surface area (TPSA) is 69.7 Å². The highest BCUT2D eigenvalue weighted by molar-refractivity contribution is 5.98. The second-order valence-corrected chi connectivity index (χ2v) is 10.4. The molecule has 180 valence electrons. The first-order chi connectivity index (χ1) is 15.5. The Hall–Kier alpha value is -2.63. The molecule has 3 rings (SSSR count). The number of likely N-dealkylation sites (N-methyl/N-ethyl adjacent to an activating group) is 1. The van der Waals surface area contributed by atoms with Gasteiger partial charge in [-0.1, -0.05) is 45.0 Å². The van der Waals surface area contributed by atoms with Gasteiger partial charge in [-0.3, -0.25) is 14.4 Å². The predicted molar refractivity (Wildman–Crippen MR) is 130 cm³/mol. The number of nitrogens with one attached hydrogen (secondary N) is 1. The molecule has 1 aromatic carbocycles. The van der Waals surface area contributed by atoms with Crippen LogP contribution in [0.3, 0.4) is 0 Å². The molecule has 6 nitrogen and oxygen atoms in total. The van der Waals surface area contributed by atoms with E-state index < -0.39 is 5.92 Å². The van der Waals surface area contributed by atoms with Crippen LogP contribution in [0.25, 0.3) is 0 Å². The van der Waals surface area contributed by atoms with Crippen LogP contribution in [-0.4, -0.2) is 46.7 Å². The molecule has 0 spiro atoms. The second-order valence-electron chi connectivity index (χ2n) is 10.4. The molecule has 0 radical (unpaired) electrons. The SMILES string of the molecule is CCN(CC)C(=O)C1=C(C)N(Cc2ccc(C(C)(C)C)cc2)C(=O)C(CC(=O)NC2CC2)C1. The fourth-order valence-electron chi connectivity index (χ4n) is 4.36. The molecule has 3 amide bonds. The fourth-order valence-corrected chi connectivity index (χ4v) is 4.36. The summed E-state index contributed by atoms with van der Waals surface area (Å²) in [5.74, 6) is -0.726. The molecule has 1 aromatic rings. The minimum atomic E-state index is -0.518. The van der Waals surface area contributed by atoms with Gasteiger partial charge in [0.05, 0.1) is 12.5 Å². The molecule has 1 saturated carbocycles. The van der Waals surface area contributed by atoms with Gasteiger partial charge in [0.2, 0.25) is 11.8 Å². The van der Waals surface area contributed by atoms with Crippen LogP contribution in [0.15, 0.2) is 35.5 Å². The van der Waals surface area contributed by atoms with Gasteiger partial charge in [0, 0.05) is 36.8 Å². The lowest BCUT2D eigenvalue weighted by atomic mass is 9.86. The Kier molecular flexibility index (Phi) is 7.65. The molecule has 0 saturated heterocycles. The Bertz CT molecular complexity index is 919. The number of benzene rings is 1. The molecule has 1 aliphatic carbocycles. The molecule has 2 aliphatic rings. The van der Waals surface area contributed by atoms with Crippen LogP contribution in [0.4, 0.5) is 0 Å².